The molecule has 2 rings (SSSR count). The van der Waals surface area contributed by atoms with Crippen LogP contribution >= 0.6 is 0 Å². The number of nitrogens with one attached hydrogen (secondary N) is 1. The van der Waals surface area contributed by atoms with E-state index in [9.17, 15) is 4.79 Å². The second kappa shape index (κ2) is 7.22. The Bertz CT molecular complexity index is 605. The Kier molecular flexibility index (Phi) is 5.33. The Labute approximate surface area is 126 Å². The zero-order valence-corrected chi connectivity index (χ0v) is 13.1. The van der Waals surface area contributed by atoms with Crippen molar-refractivity contribution in [3.63, 3.8) is 0 Å². The molecular weight excluding hydrogens is 264 g/mol. The molecule has 21 heavy (non-hydrogen) atoms. The standard InChI is InChI=1S/C16H24N4O/c1-4-10-20-14-9-7-6-8-13(14)18-15(20)11-17-12-16(21)19(3)5-2/h6-9,17H,4-5,10-12H2,1-3H3. The van der Waals surface area contributed by atoms with Crippen LogP contribution in [0.3, 0.4) is 0 Å². The fourth-order valence-corrected chi connectivity index (χ4v) is 2.33. The quantitative estimate of drug-likeness (QED) is 0.848. The Morgan fingerprint density at radius 2 is 2.10 bits per heavy atom. The Hall–Kier alpha value is -1.88. The summed E-state index contributed by atoms with van der Waals surface area (Å²) in [6.45, 7) is 6.76. The van der Waals surface area contributed by atoms with Gasteiger partial charge in [-0.3, -0.25) is 4.79 Å². The van der Waals surface area contributed by atoms with Crippen LogP contribution in [-0.4, -0.2) is 40.5 Å². The maximum atomic E-state index is 11.8. The summed E-state index contributed by atoms with van der Waals surface area (Å²) in [6.07, 6.45) is 1.06. The number of amides is 1. The molecule has 0 saturated heterocycles. The number of hydrogen-bond acceptors (Lipinski definition) is 3. The van der Waals surface area contributed by atoms with Gasteiger partial charge in [-0.05, 0) is 25.5 Å². The van der Waals surface area contributed by atoms with Crippen molar-refractivity contribution in [2.24, 2.45) is 0 Å². The van der Waals surface area contributed by atoms with Crippen LogP contribution in [0.2, 0.25) is 0 Å². The Balaban J connectivity index is 2.07. The predicted octanol–water partition coefficient (Wildman–Crippen LogP) is 2.01. The van der Waals surface area contributed by atoms with E-state index in [1.807, 2.05) is 32.2 Å². The average Bonchev–Trinajstić information content (AvgIpc) is 2.85. The molecule has 5 heteroatoms. The largest absolute Gasteiger partial charge is 0.345 e. The number of rotatable bonds is 7. The smallest absolute Gasteiger partial charge is 0.236 e. The monoisotopic (exact) mass is 288 g/mol. The van der Waals surface area contributed by atoms with E-state index in [1.165, 1.54) is 0 Å². The van der Waals surface area contributed by atoms with Gasteiger partial charge in [-0.15, -0.1) is 0 Å². The number of likely N-dealkylation sites (N-methyl/N-ethyl adjacent to an activating group) is 1. The summed E-state index contributed by atoms with van der Waals surface area (Å²) in [6, 6.07) is 8.16. The summed E-state index contributed by atoms with van der Waals surface area (Å²) < 4.78 is 2.23. The number of para-hydroxylation sites is 2. The van der Waals surface area contributed by atoms with Gasteiger partial charge in [-0.25, -0.2) is 4.98 Å². The molecular formula is C16H24N4O. The first-order valence-electron chi connectivity index (χ1n) is 7.56. The summed E-state index contributed by atoms with van der Waals surface area (Å²) in [4.78, 5) is 18.2. The number of carbonyl (C=O) groups is 1. The SMILES string of the molecule is CCCn1c(CNCC(=O)N(C)CC)nc2ccccc21. The molecule has 0 aliphatic carbocycles. The normalized spacial score (nSPS) is 11.0. The van der Waals surface area contributed by atoms with Gasteiger partial charge in [0, 0.05) is 20.1 Å². The Morgan fingerprint density at radius 3 is 2.81 bits per heavy atom. The molecule has 1 aromatic carbocycles. The first-order valence-corrected chi connectivity index (χ1v) is 7.56. The van der Waals surface area contributed by atoms with Crippen molar-refractivity contribution < 1.29 is 4.79 Å². The molecule has 1 heterocycles. The summed E-state index contributed by atoms with van der Waals surface area (Å²) in [5, 5.41) is 3.20. The number of carbonyl (C=O) groups excluding carboxylic acids is 1. The third kappa shape index (κ3) is 3.61. The van der Waals surface area contributed by atoms with E-state index in [0.29, 0.717) is 13.1 Å². The van der Waals surface area contributed by atoms with Crippen molar-refractivity contribution in [1.29, 1.82) is 0 Å². The lowest BCUT2D eigenvalue weighted by molar-refractivity contribution is -0.128. The summed E-state index contributed by atoms with van der Waals surface area (Å²) in [5.74, 6) is 1.10. The second-order valence-corrected chi connectivity index (χ2v) is 5.18. The van der Waals surface area contributed by atoms with Gasteiger partial charge in [-0.2, -0.15) is 0 Å². The minimum atomic E-state index is 0.107. The van der Waals surface area contributed by atoms with Gasteiger partial charge in [-0.1, -0.05) is 19.1 Å². The summed E-state index contributed by atoms with van der Waals surface area (Å²) in [5.41, 5.74) is 2.17. The van der Waals surface area contributed by atoms with Crippen molar-refractivity contribution >= 4 is 16.9 Å². The van der Waals surface area contributed by atoms with Gasteiger partial charge < -0.3 is 14.8 Å². The third-order valence-corrected chi connectivity index (χ3v) is 3.64. The fourth-order valence-electron chi connectivity index (χ4n) is 2.33. The minimum Gasteiger partial charge on any atom is -0.345 e. The van der Waals surface area contributed by atoms with Crippen molar-refractivity contribution in [3.8, 4) is 0 Å². The van der Waals surface area contributed by atoms with Crippen LogP contribution in [0.1, 0.15) is 26.1 Å². The van der Waals surface area contributed by atoms with E-state index in [-0.39, 0.29) is 5.91 Å². The number of benzene rings is 1. The van der Waals surface area contributed by atoms with Crippen LogP contribution < -0.4 is 5.32 Å². The highest BCUT2D eigenvalue weighted by molar-refractivity contribution is 5.78. The van der Waals surface area contributed by atoms with E-state index in [1.54, 1.807) is 4.90 Å². The first-order chi connectivity index (χ1) is 10.2. The molecule has 0 fully saturated rings. The Morgan fingerprint density at radius 1 is 1.33 bits per heavy atom. The lowest BCUT2D eigenvalue weighted by Crippen LogP contribution is -2.35. The fraction of sp³-hybridized carbons (Fsp3) is 0.500. The number of imidazole rings is 1. The van der Waals surface area contributed by atoms with E-state index >= 15 is 0 Å². The van der Waals surface area contributed by atoms with Gasteiger partial charge >= 0.3 is 0 Å². The van der Waals surface area contributed by atoms with Crippen molar-refractivity contribution in [3.05, 3.63) is 30.1 Å². The molecule has 0 aliphatic heterocycles. The number of nitrogens with zero attached hydrogens (tertiary/aromatic N) is 3. The molecule has 5 nitrogen and oxygen atoms in total. The molecule has 0 saturated carbocycles. The highest BCUT2D eigenvalue weighted by Gasteiger charge is 2.11. The van der Waals surface area contributed by atoms with Gasteiger partial charge in [0.25, 0.3) is 0 Å². The molecule has 1 aromatic heterocycles. The summed E-state index contributed by atoms with van der Waals surface area (Å²) in [7, 11) is 1.82. The molecule has 0 unspecified atom stereocenters. The highest BCUT2D eigenvalue weighted by Crippen LogP contribution is 2.16. The number of hydrogen-bond donors (Lipinski definition) is 1. The average molecular weight is 288 g/mol. The zero-order chi connectivity index (χ0) is 15.2. The molecule has 0 aliphatic rings. The van der Waals surface area contributed by atoms with Crippen molar-refractivity contribution in [1.82, 2.24) is 19.8 Å². The zero-order valence-electron chi connectivity index (χ0n) is 13.1. The molecule has 0 atom stereocenters. The molecule has 1 N–H and O–H groups in total. The van der Waals surface area contributed by atoms with Crippen LogP contribution in [0.15, 0.2) is 24.3 Å². The molecule has 1 amide bonds. The van der Waals surface area contributed by atoms with Crippen molar-refractivity contribution in [2.75, 3.05) is 20.1 Å². The van der Waals surface area contributed by atoms with Crippen LogP contribution in [0.25, 0.3) is 11.0 Å². The van der Waals surface area contributed by atoms with Crippen LogP contribution in [-0.2, 0) is 17.9 Å². The molecule has 2 aromatic rings. The molecule has 0 spiro atoms. The maximum Gasteiger partial charge on any atom is 0.236 e. The highest BCUT2D eigenvalue weighted by atomic mass is 16.2. The van der Waals surface area contributed by atoms with Gasteiger partial charge in [0.1, 0.15) is 5.82 Å². The van der Waals surface area contributed by atoms with Gasteiger partial charge in [0.2, 0.25) is 5.91 Å². The lowest BCUT2D eigenvalue weighted by atomic mass is 10.3. The summed E-state index contributed by atoms with van der Waals surface area (Å²) >= 11 is 0. The lowest BCUT2D eigenvalue weighted by Gasteiger charge is -2.15. The first kappa shape index (κ1) is 15.5. The van der Waals surface area contributed by atoms with Crippen molar-refractivity contribution in [2.45, 2.75) is 33.4 Å². The van der Waals surface area contributed by atoms with Gasteiger partial charge in [0.15, 0.2) is 0 Å². The number of aromatic nitrogens is 2. The van der Waals surface area contributed by atoms with E-state index in [2.05, 4.69) is 27.9 Å². The van der Waals surface area contributed by atoms with Crippen LogP contribution in [0.4, 0.5) is 0 Å². The number of fused-ring (bicyclic) bond motifs is 1. The van der Waals surface area contributed by atoms with Crippen LogP contribution in [0, 0.1) is 0 Å². The molecule has 114 valence electrons. The number of aryl methyl sites for hydroxylation is 1. The van der Waals surface area contributed by atoms with Gasteiger partial charge in [0.05, 0.1) is 24.1 Å². The molecule has 0 radical (unpaired) electrons. The van der Waals surface area contributed by atoms with E-state index < -0.39 is 0 Å². The second-order valence-electron chi connectivity index (χ2n) is 5.18. The topological polar surface area (TPSA) is 50.2 Å². The predicted molar refractivity (Wildman–Crippen MR) is 85.0 cm³/mol. The maximum absolute atomic E-state index is 11.8. The minimum absolute atomic E-state index is 0.107. The van der Waals surface area contributed by atoms with E-state index in [4.69, 9.17) is 0 Å². The van der Waals surface area contributed by atoms with E-state index in [0.717, 1.165) is 36.4 Å². The third-order valence-electron chi connectivity index (χ3n) is 3.64. The molecule has 0 bridgehead atoms. The van der Waals surface area contributed by atoms with Crippen LogP contribution in [0.5, 0.6) is 0 Å².